The standard InChI is InChI=1S/C30H29F3N2O3/c31-30(32,33)26-12-10-23(11-13-26)27(36)22-6-8-25(9-7-22)29(38)35-18-21(19-35)16-20-14-15-34(17-20)28(37)24-4-2-1-3-5-24/h1-13,20-21,27,36H,14-19H2/t20-,27?/m1/s1. The quantitative estimate of drug-likeness (QED) is 0.471. The van der Waals surface area contributed by atoms with Gasteiger partial charge in [-0.05, 0) is 72.2 Å². The molecule has 3 aromatic rings. The number of hydrogen-bond donors (Lipinski definition) is 1. The lowest BCUT2D eigenvalue weighted by atomic mass is 9.87. The second kappa shape index (κ2) is 10.6. The number of nitrogens with zero attached hydrogens (tertiary/aromatic N) is 2. The molecule has 2 saturated heterocycles. The van der Waals surface area contributed by atoms with Crippen LogP contribution in [0.4, 0.5) is 13.2 Å². The normalized spacial score (nSPS) is 18.8. The molecular weight excluding hydrogens is 493 g/mol. The minimum atomic E-state index is -4.43. The summed E-state index contributed by atoms with van der Waals surface area (Å²) in [7, 11) is 0. The zero-order valence-electron chi connectivity index (χ0n) is 20.8. The minimum Gasteiger partial charge on any atom is -0.384 e. The Morgan fingerprint density at radius 3 is 1.89 bits per heavy atom. The SMILES string of the molecule is O=C(c1ccc(C(O)c2ccc(C(F)(F)F)cc2)cc1)N1CC(C[C@H]2CCN(C(=O)c3ccccc3)C2)C1. The fourth-order valence-electron chi connectivity index (χ4n) is 5.37. The number of benzene rings is 3. The van der Waals surface area contributed by atoms with E-state index >= 15 is 0 Å². The molecule has 5 nitrogen and oxygen atoms in total. The summed E-state index contributed by atoms with van der Waals surface area (Å²) < 4.78 is 38.3. The van der Waals surface area contributed by atoms with Crippen molar-refractivity contribution in [2.75, 3.05) is 26.2 Å². The molecule has 1 unspecified atom stereocenters. The Balaban J connectivity index is 1.10. The first-order valence-corrected chi connectivity index (χ1v) is 12.8. The fourth-order valence-corrected chi connectivity index (χ4v) is 5.37. The number of likely N-dealkylation sites (tertiary alicyclic amines) is 2. The van der Waals surface area contributed by atoms with E-state index in [4.69, 9.17) is 0 Å². The topological polar surface area (TPSA) is 60.9 Å². The van der Waals surface area contributed by atoms with E-state index in [-0.39, 0.29) is 11.8 Å². The Hall–Kier alpha value is -3.65. The van der Waals surface area contributed by atoms with E-state index in [1.165, 1.54) is 12.1 Å². The molecule has 1 N–H and O–H groups in total. The maximum Gasteiger partial charge on any atom is 0.416 e. The van der Waals surface area contributed by atoms with Gasteiger partial charge in [0.15, 0.2) is 0 Å². The van der Waals surface area contributed by atoms with Gasteiger partial charge in [0.1, 0.15) is 6.10 Å². The average molecular weight is 523 g/mol. The summed E-state index contributed by atoms with van der Waals surface area (Å²) in [5.41, 5.74) is 1.30. The van der Waals surface area contributed by atoms with Crippen LogP contribution in [-0.4, -0.2) is 52.9 Å². The van der Waals surface area contributed by atoms with Gasteiger partial charge in [0.05, 0.1) is 5.56 Å². The zero-order chi connectivity index (χ0) is 26.9. The average Bonchev–Trinajstić information content (AvgIpc) is 3.38. The molecule has 5 rings (SSSR count). The van der Waals surface area contributed by atoms with E-state index in [9.17, 15) is 27.9 Å². The third kappa shape index (κ3) is 5.60. The largest absolute Gasteiger partial charge is 0.416 e. The molecule has 2 aliphatic heterocycles. The van der Waals surface area contributed by atoms with E-state index in [0.717, 1.165) is 38.1 Å². The van der Waals surface area contributed by atoms with Gasteiger partial charge in [0, 0.05) is 37.3 Å². The van der Waals surface area contributed by atoms with Gasteiger partial charge in [-0.1, -0.05) is 42.5 Å². The number of carbonyl (C=O) groups excluding carboxylic acids is 2. The number of aliphatic hydroxyl groups excluding tert-OH is 1. The van der Waals surface area contributed by atoms with Crippen LogP contribution in [0.15, 0.2) is 78.9 Å². The molecule has 8 heteroatoms. The van der Waals surface area contributed by atoms with Crippen molar-refractivity contribution in [3.63, 3.8) is 0 Å². The van der Waals surface area contributed by atoms with Crippen LogP contribution >= 0.6 is 0 Å². The van der Waals surface area contributed by atoms with Crippen LogP contribution in [-0.2, 0) is 6.18 Å². The molecule has 0 aromatic heterocycles. The lowest BCUT2D eigenvalue weighted by molar-refractivity contribution is -0.137. The molecule has 0 bridgehead atoms. The van der Waals surface area contributed by atoms with Crippen molar-refractivity contribution in [3.05, 3.63) is 107 Å². The molecule has 2 fully saturated rings. The molecule has 2 aliphatic rings. The second-order valence-electron chi connectivity index (χ2n) is 10.2. The van der Waals surface area contributed by atoms with E-state index in [0.29, 0.717) is 47.2 Å². The van der Waals surface area contributed by atoms with Gasteiger partial charge in [0.2, 0.25) is 0 Å². The lowest BCUT2D eigenvalue weighted by Gasteiger charge is -2.40. The minimum absolute atomic E-state index is 0.0744. The Labute approximate surface area is 219 Å². The first kappa shape index (κ1) is 26.0. The van der Waals surface area contributed by atoms with Gasteiger partial charge in [-0.25, -0.2) is 0 Å². The molecule has 2 amide bonds. The molecule has 0 saturated carbocycles. The van der Waals surface area contributed by atoms with Crippen molar-refractivity contribution in [1.29, 1.82) is 0 Å². The van der Waals surface area contributed by atoms with E-state index < -0.39 is 17.8 Å². The van der Waals surface area contributed by atoms with Crippen LogP contribution in [0, 0.1) is 11.8 Å². The molecule has 3 aromatic carbocycles. The summed E-state index contributed by atoms with van der Waals surface area (Å²) in [6, 6.07) is 20.3. The summed E-state index contributed by atoms with van der Waals surface area (Å²) >= 11 is 0. The molecule has 2 atom stereocenters. The number of aliphatic hydroxyl groups is 1. The van der Waals surface area contributed by atoms with Gasteiger partial charge < -0.3 is 14.9 Å². The van der Waals surface area contributed by atoms with E-state index in [1.807, 2.05) is 35.2 Å². The predicted octanol–water partition coefficient (Wildman–Crippen LogP) is 5.41. The summed E-state index contributed by atoms with van der Waals surface area (Å²) in [5.74, 6) is 0.849. The van der Waals surface area contributed by atoms with Crippen LogP contribution in [0.25, 0.3) is 0 Å². The summed E-state index contributed by atoms with van der Waals surface area (Å²) in [6.07, 6.45) is -3.55. The van der Waals surface area contributed by atoms with Crippen LogP contribution < -0.4 is 0 Å². The summed E-state index contributed by atoms with van der Waals surface area (Å²) in [5, 5.41) is 10.6. The van der Waals surface area contributed by atoms with Crippen molar-refractivity contribution in [3.8, 4) is 0 Å². The van der Waals surface area contributed by atoms with E-state index in [1.54, 1.807) is 29.2 Å². The summed E-state index contributed by atoms with van der Waals surface area (Å²) in [6.45, 7) is 2.87. The van der Waals surface area contributed by atoms with Gasteiger partial charge in [-0.2, -0.15) is 13.2 Å². The first-order chi connectivity index (χ1) is 18.2. The highest BCUT2D eigenvalue weighted by Gasteiger charge is 2.36. The highest BCUT2D eigenvalue weighted by atomic mass is 19.4. The van der Waals surface area contributed by atoms with Crippen LogP contribution in [0.5, 0.6) is 0 Å². The van der Waals surface area contributed by atoms with Crippen molar-refractivity contribution in [2.24, 2.45) is 11.8 Å². The van der Waals surface area contributed by atoms with Gasteiger partial charge in [-0.15, -0.1) is 0 Å². The number of halogens is 3. The number of rotatable bonds is 6. The zero-order valence-corrected chi connectivity index (χ0v) is 20.8. The predicted molar refractivity (Wildman–Crippen MR) is 136 cm³/mol. The van der Waals surface area contributed by atoms with Crippen LogP contribution in [0.3, 0.4) is 0 Å². The molecular formula is C30H29F3N2O3. The van der Waals surface area contributed by atoms with Crippen molar-refractivity contribution in [1.82, 2.24) is 9.80 Å². The van der Waals surface area contributed by atoms with Gasteiger partial charge >= 0.3 is 6.18 Å². The smallest absolute Gasteiger partial charge is 0.384 e. The number of carbonyl (C=O) groups is 2. The number of alkyl halides is 3. The third-order valence-corrected chi connectivity index (χ3v) is 7.53. The van der Waals surface area contributed by atoms with Crippen molar-refractivity contribution < 1.29 is 27.9 Å². The van der Waals surface area contributed by atoms with Gasteiger partial charge in [0.25, 0.3) is 11.8 Å². The number of amides is 2. The van der Waals surface area contributed by atoms with Crippen LogP contribution in [0.1, 0.15) is 56.4 Å². The maximum atomic E-state index is 12.9. The van der Waals surface area contributed by atoms with E-state index in [2.05, 4.69) is 0 Å². The fraction of sp³-hybridized carbons (Fsp3) is 0.333. The first-order valence-electron chi connectivity index (χ1n) is 12.8. The Kier molecular flexibility index (Phi) is 7.25. The molecule has 0 aliphatic carbocycles. The lowest BCUT2D eigenvalue weighted by Crippen LogP contribution is -2.50. The van der Waals surface area contributed by atoms with Crippen molar-refractivity contribution >= 4 is 11.8 Å². The summed E-state index contributed by atoms with van der Waals surface area (Å²) in [4.78, 5) is 29.3. The molecule has 198 valence electrons. The monoisotopic (exact) mass is 522 g/mol. The Bertz CT molecular complexity index is 1270. The second-order valence-corrected chi connectivity index (χ2v) is 10.2. The van der Waals surface area contributed by atoms with Crippen molar-refractivity contribution in [2.45, 2.75) is 25.1 Å². The highest BCUT2D eigenvalue weighted by molar-refractivity contribution is 5.95. The maximum absolute atomic E-state index is 12.9. The molecule has 0 radical (unpaired) electrons. The number of hydrogen-bond acceptors (Lipinski definition) is 3. The Morgan fingerprint density at radius 1 is 0.763 bits per heavy atom. The molecule has 38 heavy (non-hydrogen) atoms. The highest BCUT2D eigenvalue weighted by Crippen LogP contribution is 2.32. The Morgan fingerprint density at radius 2 is 1.29 bits per heavy atom. The third-order valence-electron chi connectivity index (χ3n) is 7.53. The van der Waals surface area contributed by atoms with Crippen LogP contribution in [0.2, 0.25) is 0 Å². The molecule has 2 heterocycles. The molecule has 0 spiro atoms. The van der Waals surface area contributed by atoms with Gasteiger partial charge in [-0.3, -0.25) is 9.59 Å².